The summed E-state index contributed by atoms with van der Waals surface area (Å²) in [6, 6.07) is 23.6. The van der Waals surface area contributed by atoms with Crippen LogP contribution in [0.25, 0.3) is 0 Å². The number of pyridine rings is 1. The Bertz CT molecular complexity index is 1010. The molecule has 2 aromatic carbocycles. The number of hydrogen-bond acceptors (Lipinski definition) is 5. The Hall–Kier alpha value is -2.73. The number of aromatic nitrogens is 1. The van der Waals surface area contributed by atoms with Gasteiger partial charge in [0.25, 0.3) is 0 Å². The van der Waals surface area contributed by atoms with Crippen LogP contribution in [0.5, 0.6) is 0 Å². The Morgan fingerprint density at radius 3 is 2.61 bits per heavy atom. The molecule has 0 aliphatic heterocycles. The Labute approximate surface area is 174 Å². The van der Waals surface area contributed by atoms with Gasteiger partial charge in [0.2, 0.25) is 0 Å². The third-order valence-corrected chi connectivity index (χ3v) is 6.34. The monoisotopic (exact) mass is 458 g/mol. The van der Waals surface area contributed by atoms with Crippen LogP contribution in [0.1, 0.15) is 11.1 Å². The van der Waals surface area contributed by atoms with Gasteiger partial charge in [-0.05, 0) is 0 Å². The van der Waals surface area contributed by atoms with Crippen LogP contribution in [-0.4, -0.2) is 38.5 Å². The molecule has 5 nitrogen and oxygen atoms in total. The third kappa shape index (κ3) is 6.16. The molecule has 0 saturated heterocycles. The zero-order valence-corrected chi connectivity index (χ0v) is 17.5. The first-order chi connectivity index (χ1) is 13.7. The average molecular weight is 457 g/mol. The van der Waals surface area contributed by atoms with Crippen molar-refractivity contribution in [3.05, 3.63) is 94.8 Å². The summed E-state index contributed by atoms with van der Waals surface area (Å²) in [5.41, 5.74) is 2.30. The fraction of sp³-hybridized carbons (Fsp3) is 0.0952. The van der Waals surface area contributed by atoms with Gasteiger partial charge in [0.05, 0.1) is 0 Å². The summed E-state index contributed by atoms with van der Waals surface area (Å²) in [5.74, 6) is -0.582. The van der Waals surface area contributed by atoms with E-state index in [9.17, 15) is 4.79 Å². The van der Waals surface area contributed by atoms with Crippen LogP contribution in [0.3, 0.4) is 0 Å². The quantitative estimate of drug-likeness (QED) is 0.226. The van der Waals surface area contributed by atoms with Crippen molar-refractivity contribution in [1.82, 2.24) is 4.73 Å². The number of rotatable bonds is 8. The van der Waals surface area contributed by atoms with Gasteiger partial charge in [0, 0.05) is 0 Å². The summed E-state index contributed by atoms with van der Waals surface area (Å²) in [5, 5.41) is 4.91. The molecule has 0 fully saturated rings. The van der Waals surface area contributed by atoms with Gasteiger partial charge in [-0.15, -0.1) is 0 Å². The number of benzene rings is 2. The van der Waals surface area contributed by atoms with E-state index in [1.807, 2.05) is 36.4 Å². The van der Waals surface area contributed by atoms with E-state index in [0.29, 0.717) is 4.64 Å². The van der Waals surface area contributed by atoms with Crippen molar-refractivity contribution in [2.45, 2.75) is 5.32 Å². The predicted octanol–water partition coefficient (Wildman–Crippen LogP) is 2.75. The van der Waals surface area contributed by atoms with Crippen LogP contribution in [0, 0.1) is 4.64 Å². The summed E-state index contributed by atoms with van der Waals surface area (Å²) < 4.78 is 2.84. The van der Waals surface area contributed by atoms with E-state index in [1.165, 1.54) is 14.8 Å². The molecule has 0 bridgehead atoms. The molecular formula is C21H18N2O3SSe. The maximum atomic E-state index is 11.8. The van der Waals surface area contributed by atoms with Gasteiger partial charge in [0.15, 0.2) is 0 Å². The number of nitrogens with zero attached hydrogens (tertiary/aromatic N) is 2. The van der Waals surface area contributed by atoms with E-state index in [1.54, 1.807) is 30.6 Å². The molecule has 0 saturated carbocycles. The average Bonchev–Trinajstić information content (AvgIpc) is 2.73. The molecule has 1 heterocycles. The van der Waals surface area contributed by atoms with Crippen LogP contribution in [0.2, 0.25) is 0 Å². The van der Waals surface area contributed by atoms with E-state index in [2.05, 4.69) is 23.4 Å². The second kappa shape index (κ2) is 10.6. The molecule has 0 amide bonds. The van der Waals surface area contributed by atoms with E-state index in [4.69, 9.17) is 21.9 Å². The minimum absolute atomic E-state index is 0.271. The molecule has 0 N–H and O–H groups in total. The Morgan fingerprint density at radius 1 is 1.04 bits per heavy atom. The van der Waals surface area contributed by atoms with Crippen molar-refractivity contribution in [2.24, 2.45) is 5.16 Å². The summed E-state index contributed by atoms with van der Waals surface area (Å²) in [6.07, 6.45) is 3.19. The first-order valence-electron chi connectivity index (χ1n) is 8.52. The van der Waals surface area contributed by atoms with Gasteiger partial charge in [-0.1, -0.05) is 0 Å². The summed E-state index contributed by atoms with van der Waals surface area (Å²) in [7, 11) is 0. The Kier molecular flexibility index (Phi) is 7.55. The van der Waals surface area contributed by atoms with Crippen molar-refractivity contribution < 1.29 is 14.5 Å². The fourth-order valence-corrected chi connectivity index (χ4v) is 4.49. The van der Waals surface area contributed by atoms with Crippen molar-refractivity contribution in [3.63, 3.8) is 0 Å². The zero-order valence-electron chi connectivity index (χ0n) is 14.9. The molecule has 0 aliphatic carbocycles. The first-order valence-corrected chi connectivity index (χ1v) is 11.0. The van der Waals surface area contributed by atoms with E-state index in [-0.39, 0.29) is 21.6 Å². The minimum atomic E-state index is -0.582. The number of carbonyl (C=O) groups excluding carboxylic acids is 1. The predicted molar refractivity (Wildman–Crippen MR) is 112 cm³/mol. The topological polar surface area (TPSA) is 52.8 Å². The van der Waals surface area contributed by atoms with Crippen LogP contribution in [-0.2, 0) is 15.0 Å². The normalized spacial score (nSPS) is 10.7. The van der Waals surface area contributed by atoms with Crippen LogP contribution in [0.15, 0.2) is 84.1 Å². The molecule has 3 rings (SSSR count). The molecule has 0 spiro atoms. The van der Waals surface area contributed by atoms with Gasteiger partial charge in [0.1, 0.15) is 0 Å². The molecule has 3 aromatic rings. The van der Waals surface area contributed by atoms with Crippen LogP contribution in [0.4, 0.5) is 0 Å². The van der Waals surface area contributed by atoms with Crippen molar-refractivity contribution in [2.75, 3.05) is 6.61 Å². The van der Waals surface area contributed by atoms with Gasteiger partial charge < -0.3 is 0 Å². The van der Waals surface area contributed by atoms with Crippen LogP contribution < -0.4 is 9.30 Å². The summed E-state index contributed by atoms with van der Waals surface area (Å²) >= 11 is 5.33. The molecular weight excluding hydrogens is 439 g/mol. The van der Waals surface area contributed by atoms with Gasteiger partial charge >= 0.3 is 175 Å². The fourth-order valence-electron chi connectivity index (χ4n) is 2.26. The van der Waals surface area contributed by atoms with Gasteiger partial charge in [-0.2, -0.15) is 0 Å². The molecule has 1 aromatic heterocycles. The SMILES string of the molecule is O=C(CO/N=C/c1ccccc1[Se]Cc1ccccc1)On1ccccc1=S. The Balaban J connectivity index is 1.52. The van der Waals surface area contributed by atoms with E-state index >= 15 is 0 Å². The molecule has 7 heteroatoms. The summed E-state index contributed by atoms with van der Waals surface area (Å²) in [4.78, 5) is 22.0. The standard InChI is InChI=1S/C21H18N2O3SSe/c24-21(26-23-13-7-6-12-20(23)27)15-25-22-14-18-10-4-5-11-19(18)28-16-17-8-2-1-3-9-17/h1-14H,15-16H2/b22-14+. The summed E-state index contributed by atoms with van der Waals surface area (Å²) in [6.45, 7) is -0.301. The molecule has 0 radical (unpaired) electrons. The maximum absolute atomic E-state index is 11.8. The van der Waals surface area contributed by atoms with Crippen LogP contribution >= 0.6 is 12.2 Å². The Morgan fingerprint density at radius 2 is 1.79 bits per heavy atom. The van der Waals surface area contributed by atoms with Crippen molar-refractivity contribution in [1.29, 1.82) is 0 Å². The second-order valence-electron chi connectivity index (χ2n) is 5.65. The van der Waals surface area contributed by atoms with Gasteiger partial charge in [-0.25, -0.2) is 0 Å². The molecule has 28 heavy (non-hydrogen) atoms. The molecule has 0 unspecified atom stereocenters. The van der Waals surface area contributed by atoms with Crippen molar-refractivity contribution in [3.8, 4) is 0 Å². The zero-order chi connectivity index (χ0) is 19.6. The van der Waals surface area contributed by atoms with Crippen molar-refractivity contribution >= 4 is 43.8 Å². The van der Waals surface area contributed by atoms with E-state index < -0.39 is 5.97 Å². The third-order valence-electron chi connectivity index (χ3n) is 3.59. The first kappa shape index (κ1) is 20.0. The number of hydrogen-bond donors (Lipinski definition) is 0. The van der Waals surface area contributed by atoms with Gasteiger partial charge in [-0.3, -0.25) is 0 Å². The number of oxime groups is 1. The molecule has 0 atom stereocenters. The second-order valence-corrected chi connectivity index (χ2v) is 8.20. The molecule has 142 valence electrons. The van der Waals surface area contributed by atoms with E-state index in [0.717, 1.165) is 10.9 Å². The number of carbonyl (C=O) groups is 1. The molecule has 0 aliphatic rings.